The number of hydrogen-bond donors (Lipinski definition) is 1. The van der Waals surface area contributed by atoms with Crippen LogP contribution in [0.25, 0.3) is 11.1 Å². The lowest BCUT2D eigenvalue weighted by Gasteiger charge is -2.09. The van der Waals surface area contributed by atoms with Crippen molar-refractivity contribution in [3.63, 3.8) is 0 Å². The highest BCUT2D eigenvalue weighted by Crippen LogP contribution is 2.39. The summed E-state index contributed by atoms with van der Waals surface area (Å²) in [7, 11) is 1.36. The fourth-order valence-corrected chi connectivity index (χ4v) is 3.30. The number of carbonyl (C=O) groups excluding carboxylic acids is 1. The number of ether oxygens (including phenoxy) is 2. The van der Waals surface area contributed by atoms with Crippen LogP contribution in [0.4, 0.5) is 5.00 Å². The lowest BCUT2D eigenvalue weighted by atomic mass is 10.00. The smallest absolute Gasteiger partial charge is 0.341 e. The van der Waals surface area contributed by atoms with Crippen LogP contribution in [0.5, 0.6) is 5.75 Å². The third-order valence-electron chi connectivity index (χ3n) is 3.35. The highest BCUT2D eigenvalue weighted by atomic mass is 32.1. The van der Waals surface area contributed by atoms with Gasteiger partial charge in [-0.2, -0.15) is 0 Å². The molecule has 0 atom stereocenters. The van der Waals surface area contributed by atoms with Gasteiger partial charge >= 0.3 is 5.97 Å². The fourth-order valence-electron chi connectivity index (χ4n) is 2.28. The van der Waals surface area contributed by atoms with E-state index < -0.39 is 5.97 Å². The van der Waals surface area contributed by atoms with Gasteiger partial charge < -0.3 is 15.2 Å². The molecule has 4 nitrogen and oxygen atoms in total. The zero-order valence-corrected chi connectivity index (χ0v) is 14.5. The summed E-state index contributed by atoms with van der Waals surface area (Å²) in [6.45, 7) is 8.25. The number of esters is 1. The Morgan fingerprint density at radius 2 is 1.96 bits per heavy atom. The monoisotopic (exact) mass is 331 g/mol. The highest BCUT2D eigenvalue weighted by molar-refractivity contribution is 7.17. The van der Waals surface area contributed by atoms with Gasteiger partial charge in [-0.25, -0.2) is 4.79 Å². The van der Waals surface area contributed by atoms with E-state index in [4.69, 9.17) is 15.2 Å². The number of thiophene rings is 1. The van der Waals surface area contributed by atoms with Crippen molar-refractivity contribution in [3.8, 4) is 16.9 Å². The summed E-state index contributed by atoms with van der Waals surface area (Å²) >= 11 is 1.43. The van der Waals surface area contributed by atoms with Crippen molar-refractivity contribution in [1.29, 1.82) is 0 Å². The summed E-state index contributed by atoms with van der Waals surface area (Å²) in [4.78, 5) is 13.1. The first-order chi connectivity index (χ1) is 11.0. The lowest BCUT2D eigenvalue weighted by molar-refractivity contribution is 0.0603. The minimum absolute atomic E-state index is 0.406. The van der Waals surface area contributed by atoms with Gasteiger partial charge in [-0.1, -0.05) is 25.6 Å². The predicted octanol–water partition coefficient (Wildman–Crippen LogP) is 4.30. The van der Waals surface area contributed by atoms with E-state index in [0.29, 0.717) is 17.2 Å². The molecule has 0 unspecified atom stereocenters. The molecule has 2 aromatic rings. The van der Waals surface area contributed by atoms with Gasteiger partial charge in [-0.3, -0.25) is 0 Å². The summed E-state index contributed by atoms with van der Waals surface area (Å²) in [5, 5.41) is 0.492. The third-order valence-corrected chi connectivity index (χ3v) is 4.51. The molecule has 0 spiro atoms. The summed E-state index contributed by atoms with van der Waals surface area (Å²) in [5.74, 6) is 0.355. The molecule has 2 N–H and O–H groups in total. The second-order valence-electron chi connectivity index (χ2n) is 5.25. The van der Waals surface area contributed by atoms with Crippen molar-refractivity contribution >= 4 is 22.3 Å². The molecule has 0 saturated heterocycles. The van der Waals surface area contributed by atoms with Gasteiger partial charge in [0, 0.05) is 10.4 Å². The van der Waals surface area contributed by atoms with Gasteiger partial charge in [-0.05, 0) is 36.6 Å². The van der Waals surface area contributed by atoms with Gasteiger partial charge in [0.25, 0.3) is 0 Å². The van der Waals surface area contributed by atoms with Crippen LogP contribution >= 0.6 is 11.3 Å². The van der Waals surface area contributed by atoms with Crippen molar-refractivity contribution in [2.24, 2.45) is 0 Å². The Morgan fingerprint density at radius 1 is 1.30 bits per heavy atom. The summed E-state index contributed by atoms with van der Waals surface area (Å²) < 4.78 is 10.5. The van der Waals surface area contributed by atoms with Crippen LogP contribution in [0.2, 0.25) is 0 Å². The SMILES string of the molecule is C=C(C)COc1ccc(-c2c(CC)sc(N)c2C(=O)OC)cc1. The van der Waals surface area contributed by atoms with Crippen LogP contribution in [0.3, 0.4) is 0 Å². The number of nitrogen functional groups attached to an aromatic ring is 1. The molecule has 0 fully saturated rings. The molecule has 0 saturated carbocycles. The predicted molar refractivity (Wildman–Crippen MR) is 95.2 cm³/mol. The van der Waals surface area contributed by atoms with Crippen molar-refractivity contribution in [2.75, 3.05) is 19.5 Å². The Labute approximate surface area is 140 Å². The summed E-state index contributed by atoms with van der Waals surface area (Å²) in [6.07, 6.45) is 0.801. The zero-order chi connectivity index (χ0) is 17.0. The van der Waals surface area contributed by atoms with Crippen LogP contribution in [0.1, 0.15) is 29.1 Å². The Bertz CT molecular complexity index is 717. The van der Waals surface area contributed by atoms with Crippen molar-refractivity contribution in [2.45, 2.75) is 20.3 Å². The maximum atomic E-state index is 12.1. The first kappa shape index (κ1) is 17.1. The normalized spacial score (nSPS) is 10.4. The molecule has 0 aliphatic carbocycles. The highest BCUT2D eigenvalue weighted by Gasteiger charge is 2.23. The van der Waals surface area contributed by atoms with Gasteiger partial charge in [0.05, 0.1) is 7.11 Å². The second-order valence-corrected chi connectivity index (χ2v) is 6.39. The van der Waals surface area contributed by atoms with E-state index >= 15 is 0 Å². The number of nitrogens with two attached hydrogens (primary N) is 1. The number of anilines is 1. The number of carbonyl (C=O) groups is 1. The number of hydrogen-bond acceptors (Lipinski definition) is 5. The average molecular weight is 331 g/mol. The minimum atomic E-state index is -0.406. The molecule has 1 aromatic carbocycles. The third kappa shape index (κ3) is 3.74. The Kier molecular flexibility index (Phi) is 5.45. The molecular weight excluding hydrogens is 310 g/mol. The molecule has 1 aromatic heterocycles. The van der Waals surface area contributed by atoms with Gasteiger partial charge in [-0.15, -0.1) is 11.3 Å². The molecule has 0 radical (unpaired) electrons. The molecule has 122 valence electrons. The summed E-state index contributed by atoms with van der Waals surface area (Å²) in [5.41, 5.74) is 9.22. The molecule has 5 heteroatoms. The Morgan fingerprint density at radius 3 is 2.48 bits per heavy atom. The van der Waals surface area contributed by atoms with E-state index in [1.165, 1.54) is 18.4 Å². The maximum absolute atomic E-state index is 12.1. The largest absolute Gasteiger partial charge is 0.489 e. The van der Waals surface area contributed by atoms with Crippen LogP contribution in [-0.4, -0.2) is 19.7 Å². The number of methoxy groups -OCH3 is 1. The molecule has 1 heterocycles. The van der Waals surface area contributed by atoms with Gasteiger partial charge in [0.2, 0.25) is 0 Å². The Balaban J connectivity index is 2.41. The fraction of sp³-hybridized carbons (Fsp3) is 0.278. The molecule has 2 rings (SSSR count). The molecule has 23 heavy (non-hydrogen) atoms. The molecule has 0 amide bonds. The van der Waals surface area contributed by atoms with E-state index in [0.717, 1.165) is 33.7 Å². The van der Waals surface area contributed by atoms with Gasteiger partial charge in [0.15, 0.2) is 0 Å². The molecule has 0 aliphatic heterocycles. The van der Waals surface area contributed by atoms with Crippen molar-refractivity contribution < 1.29 is 14.3 Å². The number of benzene rings is 1. The average Bonchev–Trinajstić information content (AvgIpc) is 2.89. The topological polar surface area (TPSA) is 61.5 Å². The van der Waals surface area contributed by atoms with E-state index in [2.05, 4.69) is 6.58 Å². The van der Waals surface area contributed by atoms with E-state index in [9.17, 15) is 4.79 Å². The minimum Gasteiger partial charge on any atom is -0.489 e. The van der Waals surface area contributed by atoms with Crippen LogP contribution < -0.4 is 10.5 Å². The first-order valence-corrected chi connectivity index (χ1v) is 8.16. The van der Waals surface area contributed by atoms with Crippen molar-refractivity contribution in [1.82, 2.24) is 0 Å². The Hall–Kier alpha value is -2.27. The summed E-state index contributed by atoms with van der Waals surface area (Å²) in [6, 6.07) is 7.63. The quantitative estimate of drug-likeness (QED) is 0.633. The van der Waals surface area contributed by atoms with Gasteiger partial charge in [0.1, 0.15) is 22.9 Å². The lowest BCUT2D eigenvalue weighted by Crippen LogP contribution is -2.05. The van der Waals surface area contributed by atoms with E-state index in [1.54, 1.807) is 0 Å². The van der Waals surface area contributed by atoms with E-state index in [-0.39, 0.29) is 0 Å². The standard InChI is InChI=1S/C18H21NO3S/c1-5-14-15(16(17(19)23-14)18(20)21-4)12-6-8-13(9-7-12)22-10-11(2)3/h6-9H,2,5,10,19H2,1,3-4H3. The second kappa shape index (κ2) is 7.33. The van der Waals surface area contributed by atoms with E-state index in [1.807, 2.05) is 38.1 Å². The number of rotatable bonds is 6. The zero-order valence-electron chi connectivity index (χ0n) is 13.6. The van der Waals surface area contributed by atoms with Crippen LogP contribution in [-0.2, 0) is 11.2 Å². The molecular formula is C18H21NO3S. The maximum Gasteiger partial charge on any atom is 0.341 e. The first-order valence-electron chi connectivity index (χ1n) is 7.35. The van der Waals surface area contributed by atoms with Crippen LogP contribution in [0.15, 0.2) is 36.4 Å². The van der Waals surface area contributed by atoms with Crippen LogP contribution in [0, 0.1) is 0 Å². The molecule has 0 aliphatic rings. The number of aryl methyl sites for hydroxylation is 1. The molecule has 0 bridgehead atoms. The van der Waals surface area contributed by atoms with Crippen molar-refractivity contribution in [3.05, 3.63) is 46.9 Å².